The van der Waals surface area contributed by atoms with E-state index < -0.39 is 10.0 Å². The van der Waals surface area contributed by atoms with Crippen molar-refractivity contribution in [3.8, 4) is 17.1 Å². The average Bonchev–Trinajstić information content (AvgIpc) is 2.65. The molecule has 0 aliphatic carbocycles. The molecule has 0 saturated heterocycles. The van der Waals surface area contributed by atoms with Crippen molar-refractivity contribution < 1.29 is 13.2 Å². The van der Waals surface area contributed by atoms with Crippen LogP contribution in [0.25, 0.3) is 11.3 Å². The highest BCUT2D eigenvalue weighted by atomic mass is 32.2. The largest absolute Gasteiger partial charge is 0.473 e. The molecule has 0 saturated carbocycles. The lowest BCUT2D eigenvalue weighted by Gasteiger charge is -2.19. The Kier molecular flexibility index (Phi) is 4.87. The normalized spacial score (nSPS) is 17.7. The van der Waals surface area contributed by atoms with Gasteiger partial charge in [-0.25, -0.2) is 18.1 Å². The molecule has 1 aliphatic heterocycles. The number of ether oxygens (including phenoxy) is 1. The van der Waals surface area contributed by atoms with Gasteiger partial charge in [0.2, 0.25) is 11.8 Å². The van der Waals surface area contributed by atoms with Gasteiger partial charge in [-0.05, 0) is 50.1 Å². The van der Waals surface area contributed by atoms with E-state index in [1.165, 1.54) is 6.07 Å². The molecule has 0 radical (unpaired) electrons. The molecule has 1 aliphatic rings. The van der Waals surface area contributed by atoms with Crippen LogP contribution >= 0.6 is 0 Å². The van der Waals surface area contributed by atoms with Crippen molar-refractivity contribution in [3.63, 3.8) is 0 Å². The molecule has 2 aromatic carbocycles. The summed E-state index contributed by atoms with van der Waals surface area (Å²) in [6, 6.07) is 14.3. The summed E-state index contributed by atoms with van der Waals surface area (Å²) in [6.07, 6.45) is -0.191. The summed E-state index contributed by atoms with van der Waals surface area (Å²) in [5.74, 6) is 0.292. The number of aromatic nitrogens is 2. The maximum Gasteiger partial charge on any atom is 0.264 e. The molecule has 1 aromatic heterocycles. The second kappa shape index (κ2) is 7.36. The minimum absolute atomic E-state index is 0.0220. The summed E-state index contributed by atoms with van der Waals surface area (Å²) in [5, 5.41) is 3.20. The zero-order valence-electron chi connectivity index (χ0n) is 16.4. The molecule has 1 atom stereocenters. The van der Waals surface area contributed by atoms with Crippen LogP contribution in [-0.4, -0.2) is 31.0 Å². The van der Waals surface area contributed by atoms with Crippen LogP contribution in [0.1, 0.15) is 18.1 Å². The first kappa shape index (κ1) is 19.2. The van der Waals surface area contributed by atoms with Crippen molar-refractivity contribution in [3.05, 3.63) is 59.7 Å². The summed E-state index contributed by atoms with van der Waals surface area (Å²) >= 11 is 0. The number of nitrogens with zero attached hydrogens (tertiary/aromatic N) is 2. The van der Waals surface area contributed by atoms with Gasteiger partial charge in [-0.2, -0.15) is 4.98 Å². The molecule has 150 valence electrons. The first-order valence-corrected chi connectivity index (χ1v) is 10.8. The SMILES string of the molecule is Cc1cccc(C)c1-c1cc2nc(n1)NS(=O)(=O)c1cccc(c1)NC[C@@H](C)O2. The number of rotatable bonds is 1. The van der Waals surface area contributed by atoms with E-state index in [-0.39, 0.29) is 16.9 Å². The van der Waals surface area contributed by atoms with Gasteiger partial charge in [-0.3, -0.25) is 0 Å². The zero-order chi connectivity index (χ0) is 20.6. The van der Waals surface area contributed by atoms with Crippen molar-refractivity contribution in [2.24, 2.45) is 0 Å². The summed E-state index contributed by atoms with van der Waals surface area (Å²) in [7, 11) is -3.85. The summed E-state index contributed by atoms with van der Waals surface area (Å²) in [6.45, 7) is 6.40. The predicted molar refractivity (Wildman–Crippen MR) is 113 cm³/mol. The van der Waals surface area contributed by atoms with Crippen molar-refractivity contribution in [1.82, 2.24) is 9.97 Å². The van der Waals surface area contributed by atoms with E-state index in [9.17, 15) is 8.42 Å². The number of hydrogen-bond acceptors (Lipinski definition) is 6. The van der Waals surface area contributed by atoms with Gasteiger partial charge in [0, 0.05) is 17.3 Å². The van der Waals surface area contributed by atoms with Gasteiger partial charge in [-0.15, -0.1) is 0 Å². The lowest BCUT2D eigenvalue weighted by molar-refractivity contribution is 0.225. The van der Waals surface area contributed by atoms with E-state index >= 15 is 0 Å². The third-order valence-corrected chi connectivity index (χ3v) is 6.05. The number of nitrogens with one attached hydrogen (secondary N) is 2. The van der Waals surface area contributed by atoms with Crippen LogP contribution in [-0.2, 0) is 10.0 Å². The third kappa shape index (κ3) is 4.02. The second-order valence-corrected chi connectivity index (χ2v) is 8.81. The van der Waals surface area contributed by atoms with E-state index in [2.05, 4.69) is 20.0 Å². The molecule has 0 amide bonds. The quantitative estimate of drug-likeness (QED) is 0.635. The summed E-state index contributed by atoms with van der Waals surface area (Å²) in [5.41, 5.74) is 4.30. The fraction of sp³-hybridized carbons (Fsp3) is 0.238. The molecule has 2 N–H and O–H groups in total. The molecule has 29 heavy (non-hydrogen) atoms. The van der Waals surface area contributed by atoms with Gasteiger partial charge >= 0.3 is 0 Å². The van der Waals surface area contributed by atoms with E-state index in [4.69, 9.17) is 4.74 Å². The first-order chi connectivity index (χ1) is 13.8. The Morgan fingerprint density at radius 3 is 2.52 bits per heavy atom. The van der Waals surface area contributed by atoms with E-state index in [1.54, 1.807) is 18.2 Å². The highest BCUT2D eigenvalue weighted by Crippen LogP contribution is 2.30. The van der Waals surface area contributed by atoms with Gasteiger partial charge in [0.1, 0.15) is 6.10 Å². The molecular formula is C21H22N4O3S. The van der Waals surface area contributed by atoms with Crippen LogP contribution in [0.2, 0.25) is 0 Å². The number of hydrogen-bond donors (Lipinski definition) is 2. The molecule has 2 heterocycles. The summed E-state index contributed by atoms with van der Waals surface area (Å²) < 4.78 is 34.2. The fourth-order valence-electron chi connectivity index (χ4n) is 3.34. The van der Waals surface area contributed by atoms with Crippen LogP contribution < -0.4 is 14.8 Å². The number of benzene rings is 2. The van der Waals surface area contributed by atoms with Gasteiger partial charge < -0.3 is 10.1 Å². The Labute approximate surface area is 170 Å². The molecule has 7 nitrogen and oxygen atoms in total. The molecule has 0 fully saturated rings. The Hall–Kier alpha value is -3.13. The Morgan fingerprint density at radius 2 is 1.76 bits per heavy atom. The summed E-state index contributed by atoms with van der Waals surface area (Å²) in [4.78, 5) is 8.91. The van der Waals surface area contributed by atoms with Crippen molar-refractivity contribution in [1.29, 1.82) is 0 Å². The molecular weight excluding hydrogens is 388 g/mol. The molecule has 8 heteroatoms. The zero-order valence-corrected chi connectivity index (χ0v) is 17.2. The maximum atomic E-state index is 12.9. The lowest BCUT2D eigenvalue weighted by atomic mass is 10.00. The average molecular weight is 410 g/mol. The van der Waals surface area contributed by atoms with Crippen molar-refractivity contribution >= 4 is 21.7 Å². The minimum Gasteiger partial charge on any atom is -0.473 e. The van der Waals surface area contributed by atoms with Crippen molar-refractivity contribution in [2.75, 3.05) is 16.6 Å². The third-order valence-electron chi connectivity index (χ3n) is 4.73. The van der Waals surface area contributed by atoms with Crippen LogP contribution in [0.4, 0.5) is 11.6 Å². The smallest absolute Gasteiger partial charge is 0.264 e. The van der Waals surface area contributed by atoms with Gasteiger partial charge in [0.05, 0.1) is 17.1 Å². The van der Waals surface area contributed by atoms with E-state index in [0.29, 0.717) is 23.8 Å². The van der Waals surface area contributed by atoms with Crippen LogP contribution in [0.5, 0.6) is 5.88 Å². The van der Waals surface area contributed by atoms with Crippen LogP contribution in [0.15, 0.2) is 53.4 Å². The molecule has 4 bridgehead atoms. The monoisotopic (exact) mass is 410 g/mol. The van der Waals surface area contributed by atoms with Gasteiger partial charge in [0.15, 0.2) is 0 Å². The Morgan fingerprint density at radius 1 is 1.03 bits per heavy atom. The topological polar surface area (TPSA) is 93.2 Å². The Bertz CT molecular complexity index is 1160. The van der Waals surface area contributed by atoms with Crippen molar-refractivity contribution in [2.45, 2.75) is 31.8 Å². The predicted octanol–water partition coefficient (Wildman–Crippen LogP) is 3.75. The molecule has 3 aromatic rings. The number of aryl methyl sites for hydroxylation is 2. The number of fused-ring (bicyclic) bond motifs is 4. The van der Waals surface area contributed by atoms with Crippen LogP contribution in [0, 0.1) is 13.8 Å². The van der Waals surface area contributed by atoms with E-state index in [1.807, 2.05) is 45.0 Å². The van der Waals surface area contributed by atoms with Crippen LogP contribution in [0.3, 0.4) is 0 Å². The maximum absolute atomic E-state index is 12.9. The molecule has 4 rings (SSSR count). The first-order valence-electron chi connectivity index (χ1n) is 9.31. The van der Waals surface area contributed by atoms with Gasteiger partial charge in [-0.1, -0.05) is 24.3 Å². The number of anilines is 2. The van der Waals surface area contributed by atoms with Gasteiger partial charge in [0.25, 0.3) is 10.0 Å². The Balaban J connectivity index is 1.87. The fourth-order valence-corrected chi connectivity index (χ4v) is 4.33. The highest BCUT2D eigenvalue weighted by molar-refractivity contribution is 7.92. The molecule has 0 spiro atoms. The number of sulfonamides is 1. The minimum atomic E-state index is -3.85. The molecule has 0 unspecified atom stereocenters. The standard InChI is InChI=1S/C21H22N4O3S/c1-13-6-4-7-14(2)20(13)18-11-19-24-21(23-18)25-29(26,27)17-9-5-8-16(10-17)22-12-15(3)28-19/h4-11,15,22H,12H2,1-3H3,(H,23,24,25)/t15-/m1/s1. The van der Waals surface area contributed by atoms with E-state index in [0.717, 1.165) is 16.7 Å². The lowest BCUT2D eigenvalue weighted by Crippen LogP contribution is -2.24. The highest BCUT2D eigenvalue weighted by Gasteiger charge is 2.20. The second-order valence-electron chi connectivity index (χ2n) is 7.12.